The second-order valence-corrected chi connectivity index (χ2v) is 5.61. The summed E-state index contributed by atoms with van der Waals surface area (Å²) in [6.07, 6.45) is 0.993. The molecule has 0 radical (unpaired) electrons. The van der Waals surface area contributed by atoms with Crippen molar-refractivity contribution in [2.24, 2.45) is 5.73 Å². The third-order valence-electron chi connectivity index (χ3n) is 3.66. The van der Waals surface area contributed by atoms with Gasteiger partial charge >= 0.3 is 0 Å². The largest absolute Gasteiger partial charge is 0.484 e. The molecule has 0 saturated heterocycles. The molecule has 5 heteroatoms. The van der Waals surface area contributed by atoms with E-state index in [0.29, 0.717) is 17.9 Å². The molecule has 0 aliphatic carbocycles. The van der Waals surface area contributed by atoms with Crippen LogP contribution in [-0.4, -0.2) is 30.4 Å². The zero-order valence-electron chi connectivity index (χ0n) is 14.0. The van der Waals surface area contributed by atoms with Gasteiger partial charge in [0.2, 0.25) is 0 Å². The highest BCUT2D eigenvalue weighted by Gasteiger charge is 2.13. The molecule has 2 amide bonds. The van der Waals surface area contributed by atoms with Crippen LogP contribution in [0.4, 0.5) is 0 Å². The van der Waals surface area contributed by atoms with E-state index in [2.05, 4.69) is 19.1 Å². The molecule has 0 bridgehead atoms. The lowest BCUT2D eigenvalue weighted by Crippen LogP contribution is -2.26. The first-order valence-corrected chi connectivity index (χ1v) is 7.84. The van der Waals surface area contributed by atoms with Gasteiger partial charge in [-0.05, 0) is 35.7 Å². The van der Waals surface area contributed by atoms with E-state index in [4.69, 9.17) is 10.5 Å². The Kier molecular flexibility index (Phi) is 5.95. The molecule has 2 N–H and O–H groups in total. The molecule has 0 heterocycles. The lowest BCUT2D eigenvalue weighted by Gasteiger charge is -2.18. The van der Waals surface area contributed by atoms with Gasteiger partial charge in [0.25, 0.3) is 11.8 Å². The molecule has 0 saturated carbocycles. The van der Waals surface area contributed by atoms with Crippen molar-refractivity contribution < 1.29 is 14.3 Å². The third kappa shape index (κ3) is 4.84. The Hall–Kier alpha value is -2.82. The number of amides is 2. The highest BCUT2D eigenvalue weighted by atomic mass is 16.5. The van der Waals surface area contributed by atoms with Gasteiger partial charge in [0.15, 0.2) is 6.61 Å². The number of carbonyl (C=O) groups is 2. The Labute approximate surface area is 142 Å². The topological polar surface area (TPSA) is 72.6 Å². The molecular formula is C19H22N2O3. The van der Waals surface area contributed by atoms with E-state index in [-0.39, 0.29) is 12.5 Å². The molecule has 5 nitrogen and oxygen atoms in total. The number of benzene rings is 2. The summed E-state index contributed by atoms with van der Waals surface area (Å²) in [7, 11) is 1.76. The molecule has 0 aliphatic heterocycles. The summed E-state index contributed by atoms with van der Waals surface area (Å²) in [5.74, 6) is -0.223. The van der Waals surface area contributed by atoms with E-state index >= 15 is 0 Å². The Balaban J connectivity index is 2.03. The first-order chi connectivity index (χ1) is 11.5. The minimum absolute atomic E-state index is 0.112. The van der Waals surface area contributed by atoms with Crippen LogP contribution in [0.3, 0.4) is 0 Å². The van der Waals surface area contributed by atoms with Gasteiger partial charge in [0, 0.05) is 19.2 Å². The van der Waals surface area contributed by atoms with Crippen LogP contribution in [0.5, 0.6) is 5.75 Å². The van der Waals surface area contributed by atoms with Gasteiger partial charge in [-0.25, -0.2) is 0 Å². The molecular weight excluding hydrogens is 304 g/mol. The van der Waals surface area contributed by atoms with Crippen LogP contribution in [0.1, 0.15) is 28.4 Å². The molecule has 24 heavy (non-hydrogen) atoms. The zero-order chi connectivity index (χ0) is 17.5. The van der Waals surface area contributed by atoms with E-state index in [1.54, 1.807) is 36.2 Å². The number of hydrogen-bond donors (Lipinski definition) is 1. The number of nitrogens with zero attached hydrogens (tertiary/aromatic N) is 1. The highest BCUT2D eigenvalue weighted by Crippen LogP contribution is 2.16. The van der Waals surface area contributed by atoms with Gasteiger partial charge in [-0.1, -0.05) is 37.3 Å². The normalized spacial score (nSPS) is 10.2. The van der Waals surface area contributed by atoms with Gasteiger partial charge < -0.3 is 15.4 Å². The van der Waals surface area contributed by atoms with Crippen molar-refractivity contribution in [2.75, 3.05) is 13.7 Å². The quantitative estimate of drug-likeness (QED) is 0.849. The molecule has 0 atom stereocenters. The van der Waals surface area contributed by atoms with Gasteiger partial charge in [-0.2, -0.15) is 0 Å². The monoisotopic (exact) mass is 326 g/mol. The number of ether oxygens (including phenoxy) is 1. The average Bonchev–Trinajstić information content (AvgIpc) is 2.60. The predicted octanol–water partition coefficient (Wildman–Crippen LogP) is 2.39. The molecule has 126 valence electrons. The Bertz CT molecular complexity index is 711. The Morgan fingerprint density at radius 1 is 1.08 bits per heavy atom. The zero-order valence-corrected chi connectivity index (χ0v) is 14.0. The summed E-state index contributed by atoms with van der Waals surface area (Å²) in [4.78, 5) is 25.0. The van der Waals surface area contributed by atoms with Crippen molar-refractivity contribution in [3.8, 4) is 5.75 Å². The summed E-state index contributed by atoms with van der Waals surface area (Å²) >= 11 is 0. The van der Waals surface area contributed by atoms with Crippen molar-refractivity contribution in [1.82, 2.24) is 4.90 Å². The minimum atomic E-state index is -0.556. The number of aryl methyl sites for hydroxylation is 1. The molecule has 0 unspecified atom stereocenters. The van der Waals surface area contributed by atoms with E-state index in [1.807, 2.05) is 12.1 Å². The van der Waals surface area contributed by atoms with Crippen molar-refractivity contribution in [2.45, 2.75) is 19.9 Å². The van der Waals surface area contributed by atoms with Crippen LogP contribution in [0.25, 0.3) is 0 Å². The van der Waals surface area contributed by atoms with Crippen molar-refractivity contribution >= 4 is 11.8 Å². The number of carbonyl (C=O) groups excluding carboxylic acids is 2. The van der Waals surface area contributed by atoms with Crippen molar-refractivity contribution in [3.63, 3.8) is 0 Å². The number of nitrogens with two attached hydrogens (primary N) is 1. The first kappa shape index (κ1) is 17.5. The fourth-order valence-corrected chi connectivity index (χ4v) is 2.32. The summed E-state index contributed by atoms with van der Waals surface area (Å²) < 4.78 is 5.24. The number of rotatable bonds is 7. The SMILES string of the molecule is CCc1ccc(CN(C)C(=O)c2cccc(OCC(N)=O)c2)cc1. The van der Waals surface area contributed by atoms with Crippen LogP contribution in [0, 0.1) is 0 Å². The highest BCUT2D eigenvalue weighted by molar-refractivity contribution is 5.94. The molecule has 2 aromatic carbocycles. The smallest absolute Gasteiger partial charge is 0.255 e. The molecule has 0 aromatic heterocycles. The first-order valence-electron chi connectivity index (χ1n) is 7.84. The van der Waals surface area contributed by atoms with Gasteiger partial charge in [0.05, 0.1) is 0 Å². The lowest BCUT2D eigenvalue weighted by atomic mass is 10.1. The standard InChI is InChI=1S/C19H22N2O3/c1-3-14-7-9-15(10-8-14)12-21(2)19(23)16-5-4-6-17(11-16)24-13-18(20)22/h4-11H,3,12-13H2,1-2H3,(H2,20,22). The van der Waals surface area contributed by atoms with Gasteiger partial charge in [-0.3, -0.25) is 9.59 Å². The van der Waals surface area contributed by atoms with Crippen LogP contribution in [0.2, 0.25) is 0 Å². The molecule has 2 aromatic rings. The Morgan fingerprint density at radius 3 is 2.38 bits per heavy atom. The third-order valence-corrected chi connectivity index (χ3v) is 3.66. The van der Waals surface area contributed by atoms with E-state index in [1.165, 1.54) is 5.56 Å². The minimum Gasteiger partial charge on any atom is -0.484 e. The fourth-order valence-electron chi connectivity index (χ4n) is 2.32. The van der Waals surface area contributed by atoms with Crippen molar-refractivity contribution in [3.05, 3.63) is 65.2 Å². The maximum absolute atomic E-state index is 12.5. The maximum atomic E-state index is 12.5. The summed E-state index contributed by atoms with van der Waals surface area (Å²) in [6.45, 7) is 2.42. The predicted molar refractivity (Wildman–Crippen MR) is 92.7 cm³/mol. The second-order valence-electron chi connectivity index (χ2n) is 5.61. The van der Waals surface area contributed by atoms with Crippen LogP contribution < -0.4 is 10.5 Å². The van der Waals surface area contributed by atoms with E-state index < -0.39 is 5.91 Å². The lowest BCUT2D eigenvalue weighted by molar-refractivity contribution is -0.119. The van der Waals surface area contributed by atoms with E-state index in [0.717, 1.165) is 12.0 Å². The molecule has 0 spiro atoms. The maximum Gasteiger partial charge on any atom is 0.255 e. The molecule has 2 rings (SSSR count). The fraction of sp³-hybridized carbons (Fsp3) is 0.263. The van der Waals surface area contributed by atoms with Gasteiger partial charge in [-0.15, -0.1) is 0 Å². The molecule has 0 fully saturated rings. The van der Waals surface area contributed by atoms with Crippen LogP contribution >= 0.6 is 0 Å². The number of hydrogen-bond acceptors (Lipinski definition) is 3. The summed E-state index contributed by atoms with van der Waals surface area (Å²) in [6, 6.07) is 15.0. The Morgan fingerprint density at radius 2 is 1.75 bits per heavy atom. The summed E-state index contributed by atoms with van der Waals surface area (Å²) in [5.41, 5.74) is 7.90. The molecule has 0 aliphatic rings. The second kappa shape index (κ2) is 8.15. The van der Waals surface area contributed by atoms with Gasteiger partial charge in [0.1, 0.15) is 5.75 Å². The number of primary amides is 1. The van der Waals surface area contributed by atoms with Crippen molar-refractivity contribution in [1.29, 1.82) is 0 Å². The summed E-state index contributed by atoms with van der Waals surface area (Å²) in [5, 5.41) is 0. The van der Waals surface area contributed by atoms with Crippen LogP contribution in [-0.2, 0) is 17.8 Å². The van der Waals surface area contributed by atoms with E-state index in [9.17, 15) is 9.59 Å². The average molecular weight is 326 g/mol. The van der Waals surface area contributed by atoms with Crippen LogP contribution in [0.15, 0.2) is 48.5 Å².